The highest BCUT2D eigenvalue weighted by Gasteiger charge is 2.15. The number of nitrogens with zero attached hydrogens (tertiary/aromatic N) is 1. The van der Waals surface area contributed by atoms with Crippen molar-refractivity contribution in [3.63, 3.8) is 0 Å². The largest absolute Gasteiger partial charge is 0.482 e. The highest BCUT2D eigenvalue weighted by Crippen LogP contribution is 2.27. The van der Waals surface area contributed by atoms with Crippen LogP contribution in [0.2, 0.25) is 10.0 Å². The molecule has 0 aromatic heterocycles. The van der Waals surface area contributed by atoms with E-state index < -0.39 is 0 Å². The van der Waals surface area contributed by atoms with E-state index in [0.717, 1.165) is 5.56 Å². The van der Waals surface area contributed by atoms with Crippen molar-refractivity contribution in [1.82, 2.24) is 10.2 Å². The van der Waals surface area contributed by atoms with Gasteiger partial charge in [-0.2, -0.15) is 0 Å². The van der Waals surface area contributed by atoms with E-state index in [-0.39, 0.29) is 18.6 Å². The summed E-state index contributed by atoms with van der Waals surface area (Å²) in [5.41, 5.74) is 1.14. The molecule has 2 rings (SSSR count). The summed E-state index contributed by atoms with van der Waals surface area (Å²) in [5.74, 6) is 0.181. The van der Waals surface area contributed by atoms with Crippen LogP contribution in [0.15, 0.2) is 48.5 Å². The summed E-state index contributed by atoms with van der Waals surface area (Å²) in [7, 11) is 3.96. The number of likely N-dealkylation sites (N-methyl/N-ethyl adjacent to an activating group) is 1. The number of halogens is 2. The Morgan fingerprint density at radius 3 is 2.54 bits per heavy atom. The highest BCUT2D eigenvalue weighted by atomic mass is 35.5. The molecule has 0 bridgehead atoms. The van der Waals surface area contributed by atoms with Gasteiger partial charge in [0.25, 0.3) is 5.91 Å². The Labute approximate surface area is 152 Å². The van der Waals surface area contributed by atoms with Gasteiger partial charge in [-0.05, 0) is 31.8 Å². The molecule has 0 heterocycles. The standard InChI is InChI=1S/C18H20Cl2N2O2/c1-22(2)16(13-6-4-3-5-7-13)11-21-18(23)12-24-17-10-14(19)8-9-15(17)20/h3-10,16H,11-12H2,1-2H3,(H,21,23). The first kappa shape index (κ1) is 18.6. The fraction of sp³-hybridized carbons (Fsp3) is 0.278. The Kier molecular flexibility index (Phi) is 6.91. The summed E-state index contributed by atoms with van der Waals surface area (Å²) in [6.45, 7) is 0.373. The Morgan fingerprint density at radius 1 is 1.17 bits per heavy atom. The molecule has 0 radical (unpaired) electrons. The number of rotatable bonds is 7. The zero-order valence-electron chi connectivity index (χ0n) is 13.6. The molecule has 1 atom stereocenters. The second kappa shape index (κ2) is 8.92. The second-order valence-electron chi connectivity index (χ2n) is 5.56. The van der Waals surface area contributed by atoms with Gasteiger partial charge in [-0.3, -0.25) is 4.79 Å². The lowest BCUT2D eigenvalue weighted by Crippen LogP contribution is -2.36. The third-order valence-corrected chi connectivity index (χ3v) is 4.10. The van der Waals surface area contributed by atoms with E-state index in [1.807, 2.05) is 44.4 Å². The van der Waals surface area contributed by atoms with Gasteiger partial charge in [-0.1, -0.05) is 53.5 Å². The Balaban J connectivity index is 1.88. The SMILES string of the molecule is CN(C)C(CNC(=O)COc1cc(Cl)ccc1Cl)c1ccccc1. The fourth-order valence-corrected chi connectivity index (χ4v) is 2.60. The van der Waals surface area contributed by atoms with Crippen molar-refractivity contribution < 1.29 is 9.53 Å². The van der Waals surface area contributed by atoms with Crippen LogP contribution in [-0.4, -0.2) is 38.1 Å². The maximum absolute atomic E-state index is 12.0. The number of hydrogen-bond acceptors (Lipinski definition) is 3. The van der Waals surface area contributed by atoms with E-state index in [1.165, 1.54) is 0 Å². The molecule has 24 heavy (non-hydrogen) atoms. The number of amides is 1. The molecule has 0 saturated heterocycles. The van der Waals surface area contributed by atoms with Crippen molar-refractivity contribution >= 4 is 29.1 Å². The van der Waals surface area contributed by atoms with Gasteiger partial charge in [0, 0.05) is 17.6 Å². The summed E-state index contributed by atoms with van der Waals surface area (Å²) in [6.07, 6.45) is 0. The zero-order valence-corrected chi connectivity index (χ0v) is 15.1. The fourth-order valence-electron chi connectivity index (χ4n) is 2.27. The number of hydrogen-bond donors (Lipinski definition) is 1. The summed E-state index contributed by atoms with van der Waals surface area (Å²) in [4.78, 5) is 14.1. The van der Waals surface area contributed by atoms with Crippen LogP contribution in [0.5, 0.6) is 5.75 Å². The molecule has 2 aromatic carbocycles. The molecule has 1 amide bonds. The van der Waals surface area contributed by atoms with Crippen LogP contribution < -0.4 is 10.1 Å². The summed E-state index contributed by atoms with van der Waals surface area (Å²) >= 11 is 11.9. The molecule has 1 unspecified atom stereocenters. The molecule has 1 N–H and O–H groups in total. The number of benzene rings is 2. The minimum Gasteiger partial charge on any atom is -0.482 e. The molecule has 0 spiro atoms. The predicted octanol–water partition coefficient (Wildman–Crippen LogP) is 3.79. The van der Waals surface area contributed by atoms with Crippen LogP contribution in [0.3, 0.4) is 0 Å². The summed E-state index contributed by atoms with van der Waals surface area (Å²) < 4.78 is 5.44. The Morgan fingerprint density at radius 2 is 1.88 bits per heavy atom. The molecule has 0 fully saturated rings. The normalized spacial score (nSPS) is 12.0. The molecule has 0 aliphatic heterocycles. The van der Waals surface area contributed by atoms with Crippen molar-refractivity contribution in [3.05, 3.63) is 64.1 Å². The molecule has 0 saturated carbocycles. The van der Waals surface area contributed by atoms with Crippen LogP contribution in [0.1, 0.15) is 11.6 Å². The zero-order chi connectivity index (χ0) is 17.5. The topological polar surface area (TPSA) is 41.6 Å². The summed E-state index contributed by atoms with van der Waals surface area (Å²) in [5, 5.41) is 3.81. The van der Waals surface area contributed by atoms with E-state index >= 15 is 0 Å². The molecule has 0 aliphatic rings. The lowest BCUT2D eigenvalue weighted by Gasteiger charge is -2.25. The molecular weight excluding hydrogens is 347 g/mol. The van der Waals surface area contributed by atoms with Crippen LogP contribution >= 0.6 is 23.2 Å². The quantitative estimate of drug-likeness (QED) is 0.810. The maximum atomic E-state index is 12.0. The van der Waals surface area contributed by atoms with Crippen LogP contribution in [0, 0.1) is 0 Å². The molecule has 128 valence electrons. The smallest absolute Gasteiger partial charge is 0.258 e. The maximum Gasteiger partial charge on any atom is 0.258 e. The van der Waals surface area contributed by atoms with Crippen LogP contribution in [-0.2, 0) is 4.79 Å². The number of nitrogens with one attached hydrogen (secondary N) is 1. The first-order valence-electron chi connectivity index (χ1n) is 7.53. The van der Waals surface area contributed by atoms with Crippen LogP contribution in [0.4, 0.5) is 0 Å². The van der Waals surface area contributed by atoms with Gasteiger partial charge in [-0.15, -0.1) is 0 Å². The summed E-state index contributed by atoms with van der Waals surface area (Å²) in [6, 6.07) is 15.0. The Hall–Kier alpha value is -1.75. The molecular formula is C18H20Cl2N2O2. The first-order valence-corrected chi connectivity index (χ1v) is 8.29. The third-order valence-electron chi connectivity index (χ3n) is 3.55. The van der Waals surface area contributed by atoms with Crippen molar-refractivity contribution in [2.75, 3.05) is 27.2 Å². The van der Waals surface area contributed by atoms with E-state index in [1.54, 1.807) is 18.2 Å². The minimum atomic E-state index is -0.214. The predicted molar refractivity (Wildman–Crippen MR) is 97.8 cm³/mol. The van der Waals surface area contributed by atoms with Crippen LogP contribution in [0.25, 0.3) is 0 Å². The van der Waals surface area contributed by atoms with Gasteiger partial charge < -0.3 is 15.0 Å². The van der Waals surface area contributed by atoms with Gasteiger partial charge in [-0.25, -0.2) is 0 Å². The molecule has 2 aromatic rings. The van der Waals surface area contributed by atoms with E-state index in [9.17, 15) is 4.79 Å². The van der Waals surface area contributed by atoms with Crippen molar-refractivity contribution in [2.24, 2.45) is 0 Å². The minimum absolute atomic E-state index is 0.0879. The van der Waals surface area contributed by atoms with Gasteiger partial charge in [0.1, 0.15) is 5.75 Å². The van der Waals surface area contributed by atoms with Gasteiger partial charge in [0.2, 0.25) is 0 Å². The molecule has 6 heteroatoms. The number of carbonyl (C=O) groups is 1. The van der Waals surface area contributed by atoms with Gasteiger partial charge in [0.15, 0.2) is 6.61 Å². The van der Waals surface area contributed by atoms with Crippen molar-refractivity contribution in [2.45, 2.75) is 6.04 Å². The second-order valence-corrected chi connectivity index (χ2v) is 6.40. The number of ether oxygens (including phenoxy) is 1. The Bertz CT molecular complexity index is 678. The highest BCUT2D eigenvalue weighted by molar-refractivity contribution is 6.34. The first-order chi connectivity index (χ1) is 11.5. The van der Waals surface area contributed by atoms with Gasteiger partial charge in [0.05, 0.1) is 11.1 Å². The van der Waals surface area contributed by atoms with E-state index in [0.29, 0.717) is 22.3 Å². The average molecular weight is 367 g/mol. The monoisotopic (exact) mass is 366 g/mol. The van der Waals surface area contributed by atoms with E-state index in [4.69, 9.17) is 27.9 Å². The van der Waals surface area contributed by atoms with Crippen molar-refractivity contribution in [1.29, 1.82) is 0 Å². The third kappa shape index (κ3) is 5.41. The lowest BCUT2D eigenvalue weighted by atomic mass is 10.1. The van der Waals surface area contributed by atoms with Crippen molar-refractivity contribution in [3.8, 4) is 5.75 Å². The number of carbonyl (C=O) groups excluding carboxylic acids is 1. The average Bonchev–Trinajstić information content (AvgIpc) is 2.56. The lowest BCUT2D eigenvalue weighted by molar-refractivity contribution is -0.123. The molecule has 0 aliphatic carbocycles. The van der Waals surface area contributed by atoms with E-state index in [2.05, 4.69) is 10.2 Å². The van der Waals surface area contributed by atoms with Gasteiger partial charge >= 0.3 is 0 Å². The molecule has 4 nitrogen and oxygen atoms in total.